The molecule has 1 saturated heterocycles. The number of nitrogens with zero attached hydrogens (tertiary/aromatic N) is 2. The van der Waals surface area contributed by atoms with Crippen molar-refractivity contribution < 1.29 is 30.8 Å². The van der Waals surface area contributed by atoms with E-state index < -0.39 is 47.0 Å². The molecule has 9 nitrogen and oxygen atoms in total. The van der Waals surface area contributed by atoms with Crippen LogP contribution in [0.4, 0.5) is 5.69 Å². The zero-order chi connectivity index (χ0) is 30.9. The fraction of sp³-hybridized carbons (Fsp3) is 0.357. The number of carbonyl (C=O) groups excluding carboxylic acids is 2. The Kier molecular flexibility index (Phi) is 6.19. The van der Waals surface area contributed by atoms with Crippen molar-refractivity contribution in [3.05, 3.63) is 98.3 Å². The van der Waals surface area contributed by atoms with E-state index in [4.69, 9.17) is 16.3 Å². The molecule has 2 heterocycles. The lowest BCUT2D eigenvalue weighted by Gasteiger charge is -2.34. The Labute approximate surface area is 222 Å². The van der Waals surface area contributed by atoms with Gasteiger partial charge in [-0.25, -0.2) is 9.59 Å². The molecule has 0 aliphatic carbocycles. The van der Waals surface area contributed by atoms with Crippen LogP contribution in [0, 0.1) is 10.1 Å². The molecule has 0 radical (unpaired) electrons. The van der Waals surface area contributed by atoms with Crippen LogP contribution in [0.3, 0.4) is 0 Å². The van der Waals surface area contributed by atoms with Gasteiger partial charge in [0.15, 0.2) is 0 Å². The number of piperidine rings is 1. The monoisotopic (exact) mass is 510 g/mol. The third kappa shape index (κ3) is 5.89. The van der Waals surface area contributed by atoms with E-state index >= 15 is 0 Å². The van der Waals surface area contributed by atoms with Crippen molar-refractivity contribution in [3.63, 3.8) is 0 Å². The summed E-state index contributed by atoms with van der Waals surface area (Å²) in [5.41, 5.74) is 1.42. The standard InChI is InChI=1S/C28H31N3O6/c1-18-24(27(32)36-3)26(21-11-7-12-22(15-21)31(34)35)25(19(2)29-18)28(33)37-23-13-8-14-30(17-23)16-20-9-5-4-6-10-20/h4-7,9-12,15,23,26,29H,8,13-14,16-17H2,1-3H3/t23-,26-/m1/s1/i4D,5D,6D,9D,10D. The number of benzene rings is 2. The third-order valence-electron chi connectivity index (χ3n) is 6.47. The highest BCUT2D eigenvalue weighted by Crippen LogP contribution is 2.40. The number of allylic oxidation sites excluding steroid dienone is 2. The maximum atomic E-state index is 13.8. The van der Waals surface area contributed by atoms with E-state index in [1.807, 2.05) is 4.90 Å². The molecule has 0 spiro atoms. The molecule has 1 N–H and O–H groups in total. The molecule has 2 aliphatic heterocycles. The smallest absolute Gasteiger partial charge is 0.337 e. The van der Waals surface area contributed by atoms with E-state index in [0.717, 1.165) is 0 Å². The van der Waals surface area contributed by atoms with Crippen LogP contribution in [0.25, 0.3) is 0 Å². The first-order valence-electron chi connectivity index (χ1n) is 14.4. The van der Waals surface area contributed by atoms with Gasteiger partial charge < -0.3 is 14.8 Å². The van der Waals surface area contributed by atoms with Crippen molar-refractivity contribution >= 4 is 17.6 Å². The highest BCUT2D eigenvalue weighted by molar-refractivity contribution is 6.00. The number of esters is 2. The van der Waals surface area contributed by atoms with E-state index in [0.29, 0.717) is 36.3 Å². The molecule has 2 aromatic rings. The van der Waals surface area contributed by atoms with E-state index in [2.05, 4.69) is 5.32 Å². The number of hydrogen-bond acceptors (Lipinski definition) is 8. The van der Waals surface area contributed by atoms with Crippen LogP contribution in [0.5, 0.6) is 0 Å². The molecule has 0 aromatic heterocycles. The topological polar surface area (TPSA) is 111 Å². The number of rotatable bonds is 7. The van der Waals surface area contributed by atoms with E-state index in [-0.39, 0.29) is 47.6 Å². The first-order chi connectivity index (χ1) is 19.8. The summed E-state index contributed by atoms with van der Waals surface area (Å²) in [4.78, 5) is 39.5. The molecule has 2 aliphatic rings. The van der Waals surface area contributed by atoms with Gasteiger partial charge in [0.05, 0.1) is 36.0 Å². The molecule has 2 aromatic carbocycles. The number of nitro benzene ring substituents is 1. The van der Waals surface area contributed by atoms with Crippen LogP contribution < -0.4 is 5.32 Å². The molecule has 0 saturated carbocycles. The van der Waals surface area contributed by atoms with Crippen LogP contribution in [-0.2, 0) is 25.6 Å². The number of nitro groups is 1. The van der Waals surface area contributed by atoms with Crippen LogP contribution in [-0.4, -0.2) is 48.1 Å². The zero-order valence-corrected chi connectivity index (χ0v) is 20.8. The van der Waals surface area contributed by atoms with Gasteiger partial charge in [-0.1, -0.05) is 42.3 Å². The summed E-state index contributed by atoms with van der Waals surface area (Å²) in [5, 5.41) is 14.5. The van der Waals surface area contributed by atoms with Crippen LogP contribution in [0.15, 0.2) is 77.0 Å². The zero-order valence-electron chi connectivity index (χ0n) is 25.8. The minimum Gasteiger partial charge on any atom is -0.466 e. The first kappa shape index (κ1) is 20.1. The van der Waals surface area contributed by atoms with Gasteiger partial charge in [0.1, 0.15) is 6.10 Å². The third-order valence-corrected chi connectivity index (χ3v) is 6.47. The van der Waals surface area contributed by atoms with E-state index in [1.165, 1.54) is 25.3 Å². The second kappa shape index (κ2) is 11.4. The fourth-order valence-corrected chi connectivity index (χ4v) is 4.84. The molecular weight excluding hydrogens is 474 g/mol. The van der Waals surface area contributed by atoms with Crippen LogP contribution in [0.2, 0.25) is 0 Å². The minimum atomic E-state index is -0.989. The van der Waals surface area contributed by atoms with Crippen molar-refractivity contribution in [3.8, 4) is 0 Å². The number of carbonyl (C=O) groups is 2. The average molecular weight is 511 g/mol. The van der Waals surface area contributed by atoms with E-state index in [9.17, 15) is 19.7 Å². The summed E-state index contributed by atoms with van der Waals surface area (Å²) < 4.78 is 51.1. The molecule has 0 unspecified atom stereocenters. The number of methoxy groups -OCH3 is 1. The fourth-order valence-electron chi connectivity index (χ4n) is 4.84. The molecule has 9 heteroatoms. The summed E-state index contributed by atoms with van der Waals surface area (Å²) in [6.07, 6.45) is 0.576. The first-order valence-corrected chi connectivity index (χ1v) is 11.9. The van der Waals surface area contributed by atoms with Gasteiger partial charge in [0, 0.05) is 36.6 Å². The number of ether oxygens (including phenoxy) is 2. The molecule has 0 bridgehead atoms. The number of hydrogen-bond donors (Lipinski definition) is 1. The highest BCUT2D eigenvalue weighted by Gasteiger charge is 2.39. The summed E-state index contributed by atoms with van der Waals surface area (Å²) in [7, 11) is 1.21. The summed E-state index contributed by atoms with van der Waals surface area (Å²) in [5.74, 6) is -2.39. The minimum absolute atomic E-state index is 0.0811. The molecular formula is C28H31N3O6. The number of nitrogens with one attached hydrogen (secondary N) is 1. The summed E-state index contributed by atoms with van der Waals surface area (Å²) in [6.45, 7) is 4.22. The second-order valence-corrected chi connectivity index (χ2v) is 8.99. The van der Waals surface area contributed by atoms with Gasteiger partial charge in [-0.15, -0.1) is 0 Å². The lowest BCUT2D eigenvalue weighted by atomic mass is 9.80. The van der Waals surface area contributed by atoms with Gasteiger partial charge in [-0.2, -0.15) is 0 Å². The average Bonchev–Trinajstić information content (AvgIpc) is 2.96. The quantitative estimate of drug-likeness (QED) is 0.335. The molecule has 2 atom stereocenters. The Morgan fingerprint density at radius 3 is 2.54 bits per heavy atom. The van der Waals surface area contributed by atoms with Gasteiger partial charge in [0.25, 0.3) is 5.69 Å². The maximum absolute atomic E-state index is 13.8. The van der Waals surface area contributed by atoms with Crippen LogP contribution >= 0.6 is 0 Å². The molecule has 0 amide bonds. The van der Waals surface area contributed by atoms with Crippen molar-refractivity contribution in [2.75, 3.05) is 20.2 Å². The molecule has 37 heavy (non-hydrogen) atoms. The Hall–Kier alpha value is -3.98. The number of dihydropyridines is 1. The van der Waals surface area contributed by atoms with Crippen molar-refractivity contribution in [2.45, 2.75) is 45.3 Å². The van der Waals surface area contributed by atoms with Crippen molar-refractivity contribution in [2.24, 2.45) is 0 Å². The summed E-state index contributed by atoms with van der Waals surface area (Å²) in [6, 6.07) is 3.90. The second-order valence-electron chi connectivity index (χ2n) is 8.99. The molecule has 4 rings (SSSR count). The van der Waals surface area contributed by atoms with Crippen molar-refractivity contribution in [1.29, 1.82) is 0 Å². The number of non-ortho nitro benzene ring substituents is 1. The van der Waals surface area contributed by atoms with Gasteiger partial charge in [0.2, 0.25) is 0 Å². The Bertz CT molecular complexity index is 1500. The molecule has 194 valence electrons. The lowest BCUT2D eigenvalue weighted by molar-refractivity contribution is -0.384. The largest absolute Gasteiger partial charge is 0.466 e. The van der Waals surface area contributed by atoms with Gasteiger partial charge in [-0.3, -0.25) is 15.0 Å². The lowest BCUT2D eigenvalue weighted by Crippen LogP contribution is -2.41. The maximum Gasteiger partial charge on any atom is 0.337 e. The Morgan fingerprint density at radius 1 is 1.16 bits per heavy atom. The Balaban J connectivity index is 1.62. The summed E-state index contributed by atoms with van der Waals surface area (Å²) >= 11 is 0. The predicted molar refractivity (Wildman–Crippen MR) is 137 cm³/mol. The normalized spacial score (nSPS) is 22.2. The number of likely N-dealkylation sites (tertiary alicyclic amines) is 1. The van der Waals surface area contributed by atoms with E-state index in [1.54, 1.807) is 19.9 Å². The van der Waals surface area contributed by atoms with Gasteiger partial charge in [-0.05, 0) is 44.4 Å². The van der Waals surface area contributed by atoms with Crippen molar-refractivity contribution in [1.82, 2.24) is 10.2 Å². The highest BCUT2D eigenvalue weighted by atomic mass is 16.6. The SMILES string of the molecule is [2H]c1c([2H])c([2H])c(CN2CCC[C@@H](OC(=O)C3=C(C)NC(C)=C(C(=O)OC)[C@H]3c3cccc([N+](=O)[O-])c3)C2)c([2H])c1[2H]. The Morgan fingerprint density at radius 2 is 1.86 bits per heavy atom. The molecule has 1 fully saturated rings. The predicted octanol–water partition coefficient (Wildman–Crippen LogP) is 4.21. The van der Waals surface area contributed by atoms with Crippen LogP contribution in [0.1, 0.15) is 50.6 Å². The van der Waals surface area contributed by atoms with Gasteiger partial charge >= 0.3 is 11.9 Å².